The predicted octanol–water partition coefficient (Wildman–Crippen LogP) is 1.45. The number of carbonyl (C=O) groups is 4. The molecule has 9 nitrogen and oxygen atoms in total. The molecule has 1 atom stereocenters. The molecule has 0 bridgehead atoms. The minimum absolute atomic E-state index is 0.228. The zero-order valence-corrected chi connectivity index (χ0v) is 17.6. The Morgan fingerprint density at radius 2 is 1.74 bits per heavy atom. The van der Waals surface area contributed by atoms with Crippen molar-refractivity contribution in [2.75, 3.05) is 32.6 Å². The average Bonchev–Trinajstić information content (AvgIpc) is 2.77. The van der Waals surface area contributed by atoms with Gasteiger partial charge >= 0.3 is 5.97 Å². The Bertz CT molecular complexity index is 932. The summed E-state index contributed by atoms with van der Waals surface area (Å²) in [4.78, 5) is 49.6. The lowest BCUT2D eigenvalue weighted by Crippen LogP contribution is -2.42. The first kappa shape index (κ1) is 23.4. The Kier molecular flexibility index (Phi) is 8.56. The molecule has 0 saturated carbocycles. The number of nitrogens with zero attached hydrogens (tertiary/aromatic N) is 1. The van der Waals surface area contributed by atoms with Crippen molar-refractivity contribution in [1.29, 1.82) is 0 Å². The van der Waals surface area contributed by atoms with Crippen LogP contribution in [0.5, 0.6) is 5.75 Å². The summed E-state index contributed by atoms with van der Waals surface area (Å²) in [6.45, 7) is 0.681. The standard InChI is InChI=1S/C22H25N3O6/c1-15(23-21(28)16-8-5-4-6-9-16)22(29)31-14-20(27)25(2)13-19(26)24-17-10-7-11-18(12-17)30-3/h4-12,15H,13-14H2,1-3H3,(H,23,28)(H,24,26)/t15-/m0/s1. The van der Waals surface area contributed by atoms with Gasteiger partial charge in [0.05, 0.1) is 13.7 Å². The van der Waals surface area contributed by atoms with E-state index in [9.17, 15) is 19.2 Å². The van der Waals surface area contributed by atoms with E-state index in [1.807, 2.05) is 0 Å². The zero-order chi connectivity index (χ0) is 22.8. The quantitative estimate of drug-likeness (QED) is 0.586. The van der Waals surface area contributed by atoms with Gasteiger partial charge in [0, 0.05) is 24.4 Å². The Morgan fingerprint density at radius 3 is 2.42 bits per heavy atom. The summed E-state index contributed by atoms with van der Waals surface area (Å²) in [6.07, 6.45) is 0. The summed E-state index contributed by atoms with van der Waals surface area (Å²) in [5.74, 6) is -1.58. The third-order valence-electron chi connectivity index (χ3n) is 4.24. The number of anilines is 1. The average molecular weight is 427 g/mol. The largest absolute Gasteiger partial charge is 0.497 e. The Balaban J connectivity index is 1.76. The van der Waals surface area contributed by atoms with Crippen molar-refractivity contribution in [3.05, 3.63) is 60.2 Å². The third kappa shape index (κ3) is 7.46. The first-order chi connectivity index (χ1) is 14.8. The van der Waals surface area contributed by atoms with Crippen molar-refractivity contribution in [3.8, 4) is 5.75 Å². The van der Waals surface area contributed by atoms with Crippen LogP contribution in [0, 0.1) is 0 Å². The number of hydrogen-bond acceptors (Lipinski definition) is 6. The summed E-state index contributed by atoms with van der Waals surface area (Å²) in [6, 6.07) is 14.3. The van der Waals surface area contributed by atoms with E-state index in [1.54, 1.807) is 54.6 Å². The minimum Gasteiger partial charge on any atom is -0.497 e. The fourth-order valence-corrected chi connectivity index (χ4v) is 2.50. The van der Waals surface area contributed by atoms with Crippen LogP contribution < -0.4 is 15.4 Å². The molecule has 0 spiro atoms. The van der Waals surface area contributed by atoms with Gasteiger partial charge in [0.1, 0.15) is 11.8 Å². The van der Waals surface area contributed by atoms with Crippen LogP contribution in [-0.2, 0) is 19.1 Å². The van der Waals surface area contributed by atoms with E-state index in [-0.39, 0.29) is 6.54 Å². The van der Waals surface area contributed by atoms with Crippen molar-refractivity contribution < 1.29 is 28.7 Å². The number of carbonyl (C=O) groups excluding carboxylic acids is 4. The fourth-order valence-electron chi connectivity index (χ4n) is 2.50. The van der Waals surface area contributed by atoms with Crippen molar-refractivity contribution in [3.63, 3.8) is 0 Å². The number of amides is 3. The van der Waals surface area contributed by atoms with E-state index in [0.29, 0.717) is 17.0 Å². The van der Waals surface area contributed by atoms with Crippen LogP contribution in [0.15, 0.2) is 54.6 Å². The normalized spacial score (nSPS) is 11.1. The Hall–Kier alpha value is -3.88. The lowest BCUT2D eigenvalue weighted by atomic mass is 10.2. The molecule has 164 valence electrons. The summed E-state index contributed by atoms with van der Waals surface area (Å²) < 4.78 is 10.0. The molecule has 3 amide bonds. The van der Waals surface area contributed by atoms with Gasteiger partial charge in [-0.2, -0.15) is 0 Å². The summed E-state index contributed by atoms with van der Waals surface area (Å²) in [7, 11) is 2.94. The summed E-state index contributed by atoms with van der Waals surface area (Å²) >= 11 is 0. The van der Waals surface area contributed by atoms with Crippen molar-refractivity contribution in [2.24, 2.45) is 0 Å². The van der Waals surface area contributed by atoms with E-state index in [4.69, 9.17) is 9.47 Å². The molecular formula is C22H25N3O6. The minimum atomic E-state index is -0.942. The maximum atomic E-state index is 12.2. The van der Waals surface area contributed by atoms with Gasteiger partial charge in [-0.15, -0.1) is 0 Å². The molecule has 0 heterocycles. The second-order valence-corrected chi connectivity index (χ2v) is 6.70. The third-order valence-corrected chi connectivity index (χ3v) is 4.24. The maximum Gasteiger partial charge on any atom is 0.328 e. The molecule has 0 radical (unpaired) electrons. The maximum absolute atomic E-state index is 12.2. The van der Waals surface area contributed by atoms with E-state index in [0.717, 1.165) is 4.90 Å². The fraction of sp³-hybridized carbons (Fsp3) is 0.273. The van der Waals surface area contributed by atoms with Crippen LogP contribution in [0.3, 0.4) is 0 Å². The Morgan fingerprint density at radius 1 is 1.03 bits per heavy atom. The molecule has 2 aromatic rings. The second kappa shape index (κ2) is 11.3. The molecule has 2 rings (SSSR count). The highest BCUT2D eigenvalue weighted by Crippen LogP contribution is 2.16. The monoisotopic (exact) mass is 427 g/mol. The molecule has 0 aliphatic rings. The molecular weight excluding hydrogens is 402 g/mol. The van der Waals surface area contributed by atoms with Gasteiger partial charge in [-0.25, -0.2) is 4.79 Å². The molecule has 2 aromatic carbocycles. The van der Waals surface area contributed by atoms with Crippen LogP contribution >= 0.6 is 0 Å². The lowest BCUT2D eigenvalue weighted by Gasteiger charge is -2.18. The highest BCUT2D eigenvalue weighted by atomic mass is 16.5. The van der Waals surface area contributed by atoms with E-state index in [2.05, 4.69) is 10.6 Å². The molecule has 0 unspecified atom stereocenters. The number of benzene rings is 2. The van der Waals surface area contributed by atoms with Gasteiger partial charge in [-0.3, -0.25) is 14.4 Å². The molecule has 0 saturated heterocycles. The molecule has 2 N–H and O–H groups in total. The SMILES string of the molecule is COc1cccc(NC(=O)CN(C)C(=O)COC(=O)[C@H](C)NC(=O)c2ccccc2)c1. The van der Waals surface area contributed by atoms with Gasteiger partial charge < -0.3 is 25.0 Å². The van der Waals surface area contributed by atoms with Crippen molar-refractivity contribution in [1.82, 2.24) is 10.2 Å². The van der Waals surface area contributed by atoms with Crippen molar-refractivity contribution >= 4 is 29.4 Å². The van der Waals surface area contributed by atoms with Crippen LogP contribution in [0.1, 0.15) is 17.3 Å². The van der Waals surface area contributed by atoms with Gasteiger partial charge in [-0.1, -0.05) is 24.3 Å². The number of methoxy groups -OCH3 is 1. The second-order valence-electron chi connectivity index (χ2n) is 6.70. The van der Waals surface area contributed by atoms with Crippen LogP contribution in [0.25, 0.3) is 0 Å². The molecule has 0 aliphatic heterocycles. The van der Waals surface area contributed by atoms with Crippen LogP contribution in [-0.4, -0.2) is 61.9 Å². The van der Waals surface area contributed by atoms with Crippen LogP contribution in [0.4, 0.5) is 5.69 Å². The first-order valence-electron chi connectivity index (χ1n) is 9.50. The number of hydrogen-bond donors (Lipinski definition) is 2. The van der Waals surface area contributed by atoms with E-state index >= 15 is 0 Å². The van der Waals surface area contributed by atoms with Gasteiger partial charge in [-0.05, 0) is 31.2 Å². The number of ether oxygens (including phenoxy) is 2. The van der Waals surface area contributed by atoms with E-state index < -0.39 is 36.3 Å². The molecule has 31 heavy (non-hydrogen) atoms. The number of nitrogens with one attached hydrogen (secondary N) is 2. The van der Waals surface area contributed by atoms with Crippen molar-refractivity contribution in [2.45, 2.75) is 13.0 Å². The summed E-state index contributed by atoms with van der Waals surface area (Å²) in [5.41, 5.74) is 0.930. The number of rotatable bonds is 9. The van der Waals surface area contributed by atoms with Gasteiger partial charge in [0.2, 0.25) is 5.91 Å². The zero-order valence-electron chi connectivity index (χ0n) is 17.6. The highest BCUT2D eigenvalue weighted by molar-refractivity contribution is 5.97. The van der Waals surface area contributed by atoms with Gasteiger partial charge in [0.15, 0.2) is 6.61 Å². The topological polar surface area (TPSA) is 114 Å². The molecule has 0 aliphatic carbocycles. The highest BCUT2D eigenvalue weighted by Gasteiger charge is 2.20. The number of likely N-dealkylation sites (N-methyl/N-ethyl adjacent to an activating group) is 1. The molecule has 0 fully saturated rings. The van der Waals surface area contributed by atoms with Gasteiger partial charge in [0.25, 0.3) is 11.8 Å². The first-order valence-corrected chi connectivity index (χ1v) is 9.50. The van der Waals surface area contributed by atoms with Crippen LogP contribution in [0.2, 0.25) is 0 Å². The predicted molar refractivity (Wildman–Crippen MR) is 114 cm³/mol. The lowest BCUT2D eigenvalue weighted by molar-refractivity contribution is -0.153. The van der Waals surface area contributed by atoms with E-state index in [1.165, 1.54) is 21.1 Å². The Labute approximate surface area is 180 Å². The molecule has 9 heteroatoms. The summed E-state index contributed by atoms with van der Waals surface area (Å²) in [5, 5.41) is 5.16. The molecule has 0 aromatic heterocycles. The smallest absolute Gasteiger partial charge is 0.328 e. The number of esters is 1.